The molecule has 0 saturated carbocycles. The Morgan fingerprint density at radius 3 is 2.83 bits per heavy atom. The predicted octanol–water partition coefficient (Wildman–Crippen LogP) is 2.95. The molecule has 5 heteroatoms. The molecule has 0 saturated heterocycles. The maximum Gasteiger partial charge on any atom is 0.117 e. The van der Waals surface area contributed by atoms with Gasteiger partial charge in [-0.3, -0.25) is 0 Å². The summed E-state index contributed by atoms with van der Waals surface area (Å²) in [5.74, 6) is 0. The molecule has 0 unspecified atom stereocenters. The molecule has 0 atom stereocenters. The van der Waals surface area contributed by atoms with E-state index in [0.717, 1.165) is 21.0 Å². The minimum absolute atomic E-state index is 0.855. The van der Waals surface area contributed by atoms with E-state index in [9.17, 15) is 0 Å². The molecule has 0 amide bonds. The second-order valence-electron chi connectivity index (χ2n) is 2.17. The molecule has 2 heterocycles. The summed E-state index contributed by atoms with van der Waals surface area (Å²) in [6.07, 6.45) is 2.68. The molecule has 2 rings (SSSR count). The van der Waals surface area contributed by atoms with Crippen molar-refractivity contribution in [2.45, 2.75) is 6.42 Å². The van der Waals surface area contributed by atoms with E-state index in [2.05, 4.69) is 25.9 Å². The molecular weight excluding hydrogens is 256 g/mol. The Morgan fingerprint density at radius 2 is 2.25 bits per heavy atom. The van der Waals surface area contributed by atoms with Gasteiger partial charge in [0.1, 0.15) is 9.61 Å². The Hall–Kier alpha value is -0.260. The molecule has 0 N–H and O–H groups in total. The van der Waals surface area contributed by atoms with Crippen molar-refractivity contribution in [1.29, 1.82) is 0 Å². The Balaban J connectivity index is 2.14. The van der Waals surface area contributed by atoms with E-state index in [-0.39, 0.29) is 0 Å². The lowest BCUT2D eigenvalue weighted by Gasteiger charge is -1.87. The van der Waals surface area contributed by atoms with E-state index in [1.807, 2.05) is 17.0 Å². The number of hydrogen-bond donors (Lipinski definition) is 0. The number of halogens is 1. The molecule has 62 valence electrons. The van der Waals surface area contributed by atoms with Crippen LogP contribution in [0.1, 0.15) is 10.0 Å². The third kappa shape index (κ3) is 1.91. The zero-order valence-corrected chi connectivity index (χ0v) is 9.25. The van der Waals surface area contributed by atoms with Crippen molar-refractivity contribution < 1.29 is 0 Å². The summed E-state index contributed by atoms with van der Waals surface area (Å²) < 4.78 is 0.916. The third-order valence-electron chi connectivity index (χ3n) is 1.31. The van der Waals surface area contributed by atoms with Crippen molar-refractivity contribution in [3.8, 4) is 0 Å². The number of hydrogen-bond acceptors (Lipinski definition) is 4. The lowest BCUT2D eigenvalue weighted by molar-refractivity contribution is 1.09. The van der Waals surface area contributed by atoms with E-state index in [4.69, 9.17) is 0 Å². The fraction of sp³-hybridized carbons (Fsp3) is 0.143. The molecule has 0 spiro atoms. The number of thiazole rings is 2. The van der Waals surface area contributed by atoms with Crippen molar-refractivity contribution in [2.75, 3.05) is 0 Å². The van der Waals surface area contributed by atoms with E-state index < -0.39 is 0 Å². The van der Waals surface area contributed by atoms with Gasteiger partial charge in [-0.05, 0) is 15.9 Å². The topological polar surface area (TPSA) is 25.8 Å². The van der Waals surface area contributed by atoms with Crippen molar-refractivity contribution in [3.63, 3.8) is 0 Å². The number of nitrogens with zero attached hydrogens (tertiary/aromatic N) is 2. The van der Waals surface area contributed by atoms with Crippen molar-refractivity contribution in [3.05, 3.63) is 31.6 Å². The first-order chi connectivity index (χ1) is 5.84. The Labute approximate surface area is 86.4 Å². The molecule has 0 aliphatic rings. The van der Waals surface area contributed by atoms with Crippen molar-refractivity contribution >= 4 is 38.6 Å². The summed E-state index contributed by atoms with van der Waals surface area (Å²) in [6.45, 7) is 0. The second-order valence-corrected chi connectivity index (χ2v) is 4.90. The van der Waals surface area contributed by atoms with Gasteiger partial charge in [0.25, 0.3) is 0 Å². The standard InChI is InChI=1S/C7H5BrN2S2/c8-5-4-12-7(10-5)3-6-9-1-2-11-6/h1-2,4H,3H2. The highest BCUT2D eigenvalue weighted by Gasteiger charge is 2.02. The van der Waals surface area contributed by atoms with Gasteiger partial charge in [0.05, 0.1) is 11.4 Å². The summed E-state index contributed by atoms with van der Waals surface area (Å²) in [7, 11) is 0. The zero-order valence-electron chi connectivity index (χ0n) is 6.03. The van der Waals surface area contributed by atoms with E-state index >= 15 is 0 Å². The van der Waals surface area contributed by atoms with E-state index in [0.29, 0.717) is 0 Å². The molecule has 0 aliphatic heterocycles. The lowest BCUT2D eigenvalue weighted by Crippen LogP contribution is -1.84. The average Bonchev–Trinajstić information content (AvgIpc) is 2.63. The Kier molecular flexibility index (Phi) is 2.53. The molecule has 0 radical (unpaired) electrons. The van der Waals surface area contributed by atoms with Crippen LogP contribution in [0.5, 0.6) is 0 Å². The van der Waals surface area contributed by atoms with Gasteiger partial charge in [-0.15, -0.1) is 22.7 Å². The molecular formula is C7H5BrN2S2. The lowest BCUT2D eigenvalue weighted by atomic mass is 10.5. The van der Waals surface area contributed by atoms with Gasteiger partial charge in [-0.25, -0.2) is 9.97 Å². The van der Waals surface area contributed by atoms with Gasteiger partial charge >= 0.3 is 0 Å². The molecule has 2 nitrogen and oxygen atoms in total. The summed E-state index contributed by atoms with van der Waals surface area (Å²) >= 11 is 6.64. The fourth-order valence-corrected chi connectivity index (χ4v) is 2.82. The maximum absolute atomic E-state index is 4.29. The van der Waals surface area contributed by atoms with E-state index in [1.165, 1.54) is 0 Å². The van der Waals surface area contributed by atoms with Crippen LogP contribution in [0.2, 0.25) is 0 Å². The normalized spacial score (nSPS) is 10.4. The fourth-order valence-electron chi connectivity index (χ4n) is 0.839. The van der Waals surface area contributed by atoms with Gasteiger partial charge in [-0.2, -0.15) is 0 Å². The van der Waals surface area contributed by atoms with Crippen LogP contribution in [0.25, 0.3) is 0 Å². The predicted molar refractivity (Wildman–Crippen MR) is 54.7 cm³/mol. The van der Waals surface area contributed by atoms with Gasteiger partial charge in [0.15, 0.2) is 0 Å². The van der Waals surface area contributed by atoms with Gasteiger partial charge in [-0.1, -0.05) is 0 Å². The first-order valence-corrected chi connectivity index (χ1v) is 5.88. The monoisotopic (exact) mass is 260 g/mol. The van der Waals surface area contributed by atoms with Gasteiger partial charge in [0, 0.05) is 17.0 Å². The molecule has 0 aliphatic carbocycles. The molecule has 0 aromatic carbocycles. The Morgan fingerprint density at radius 1 is 1.33 bits per heavy atom. The minimum atomic E-state index is 0.855. The average molecular weight is 261 g/mol. The SMILES string of the molecule is Brc1csc(Cc2nccs2)n1. The van der Waals surface area contributed by atoms with Crippen LogP contribution in [0.15, 0.2) is 21.6 Å². The summed E-state index contributed by atoms with van der Waals surface area (Å²) in [4.78, 5) is 8.48. The van der Waals surface area contributed by atoms with Crippen molar-refractivity contribution in [2.24, 2.45) is 0 Å². The molecule has 0 fully saturated rings. The maximum atomic E-state index is 4.29. The second kappa shape index (κ2) is 3.64. The van der Waals surface area contributed by atoms with Gasteiger partial charge < -0.3 is 0 Å². The van der Waals surface area contributed by atoms with Crippen LogP contribution in [-0.2, 0) is 6.42 Å². The smallest absolute Gasteiger partial charge is 0.117 e. The highest BCUT2D eigenvalue weighted by atomic mass is 79.9. The van der Waals surface area contributed by atoms with E-state index in [1.54, 1.807) is 22.7 Å². The molecule has 2 aromatic rings. The summed E-state index contributed by atoms with van der Waals surface area (Å²) in [6, 6.07) is 0. The van der Waals surface area contributed by atoms with Crippen LogP contribution in [0.4, 0.5) is 0 Å². The Bertz CT molecular complexity index is 355. The first-order valence-electron chi connectivity index (χ1n) is 3.33. The van der Waals surface area contributed by atoms with Crippen molar-refractivity contribution in [1.82, 2.24) is 9.97 Å². The first kappa shape index (κ1) is 8.34. The number of rotatable bonds is 2. The van der Waals surface area contributed by atoms with Crippen LogP contribution >= 0.6 is 38.6 Å². The highest BCUT2D eigenvalue weighted by molar-refractivity contribution is 9.10. The van der Waals surface area contributed by atoms with Gasteiger partial charge in [0.2, 0.25) is 0 Å². The molecule has 0 bridgehead atoms. The van der Waals surface area contributed by atoms with Crippen LogP contribution < -0.4 is 0 Å². The highest BCUT2D eigenvalue weighted by Crippen LogP contribution is 2.18. The van der Waals surface area contributed by atoms with Crippen LogP contribution in [-0.4, -0.2) is 9.97 Å². The summed E-state index contributed by atoms with van der Waals surface area (Å²) in [5, 5.41) is 6.20. The molecule has 2 aromatic heterocycles. The molecule has 12 heavy (non-hydrogen) atoms. The van der Waals surface area contributed by atoms with Crippen LogP contribution in [0, 0.1) is 0 Å². The van der Waals surface area contributed by atoms with Crippen LogP contribution in [0.3, 0.4) is 0 Å². The minimum Gasteiger partial charge on any atom is -0.249 e. The third-order valence-corrected chi connectivity index (χ3v) is 3.65. The quantitative estimate of drug-likeness (QED) is 0.830. The largest absolute Gasteiger partial charge is 0.249 e. The summed E-state index contributed by atoms with van der Waals surface area (Å²) in [5.41, 5.74) is 0. The number of aromatic nitrogens is 2. The zero-order chi connectivity index (χ0) is 8.39.